The fourth-order valence-corrected chi connectivity index (χ4v) is 2.56. The minimum absolute atomic E-state index is 0.195. The van der Waals surface area contributed by atoms with Gasteiger partial charge in [-0.2, -0.15) is 5.26 Å². The second-order valence-electron chi connectivity index (χ2n) is 4.69. The van der Waals surface area contributed by atoms with Crippen LogP contribution in [-0.2, 0) is 5.41 Å². The average molecular weight is 212 g/mol. The molecule has 0 bridgehead atoms. The number of nitriles is 1. The molecule has 0 amide bonds. The van der Waals surface area contributed by atoms with E-state index in [0.29, 0.717) is 5.71 Å². The Balaban J connectivity index is 2.38. The third-order valence-corrected chi connectivity index (χ3v) is 3.68. The maximum absolute atomic E-state index is 9.05. The SMILES string of the molecule is CC1(c2ccccc2)CCCC(C#N)C1=N. The van der Waals surface area contributed by atoms with E-state index in [-0.39, 0.29) is 11.3 Å². The summed E-state index contributed by atoms with van der Waals surface area (Å²) < 4.78 is 0. The molecule has 1 saturated carbocycles. The highest BCUT2D eigenvalue weighted by molar-refractivity contribution is 5.96. The molecule has 0 saturated heterocycles. The molecule has 1 aromatic rings. The normalized spacial score (nSPS) is 29.8. The highest BCUT2D eigenvalue weighted by Crippen LogP contribution is 2.38. The van der Waals surface area contributed by atoms with E-state index >= 15 is 0 Å². The molecule has 2 nitrogen and oxygen atoms in total. The Hall–Kier alpha value is -1.62. The van der Waals surface area contributed by atoms with E-state index in [0.717, 1.165) is 19.3 Å². The van der Waals surface area contributed by atoms with Gasteiger partial charge in [0, 0.05) is 11.1 Å². The van der Waals surface area contributed by atoms with Gasteiger partial charge in [0.25, 0.3) is 0 Å². The molecule has 16 heavy (non-hydrogen) atoms. The average Bonchev–Trinajstić information content (AvgIpc) is 2.34. The second-order valence-corrected chi connectivity index (χ2v) is 4.69. The van der Waals surface area contributed by atoms with E-state index in [9.17, 15) is 0 Å². The van der Waals surface area contributed by atoms with Gasteiger partial charge in [-0.25, -0.2) is 0 Å². The summed E-state index contributed by atoms with van der Waals surface area (Å²) in [5.41, 5.74) is 1.52. The molecule has 2 unspecified atom stereocenters. The smallest absolute Gasteiger partial charge is 0.0847 e. The summed E-state index contributed by atoms with van der Waals surface area (Å²) in [6.45, 7) is 2.09. The van der Waals surface area contributed by atoms with Gasteiger partial charge >= 0.3 is 0 Å². The Labute approximate surface area is 96.4 Å². The van der Waals surface area contributed by atoms with Crippen LogP contribution in [0.25, 0.3) is 0 Å². The first kappa shape index (κ1) is 10.9. The lowest BCUT2D eigenvalue weighted by Crippen LogP contribution is -2.40. The zero-order valence-corrected chi connectivity index (χ0v) is 9.53. The van der Waals surface area contributed by atoms with Crippen molar-refractivity contribution in [3.05, 3.63) is 35.9 Å². The van der Waals surface area contributed by atoms with Gasteiger partial charge in [0.1, 0.15) is 0 Å². The van der Waals surface area contributed by atoms with Crippen LogP contribution in [0, 0.1) is 22.7 Å². The molecule has 82 valence electrons. The van der Waals surface area contributed by atoms with Crippen molar-refractivity contribution < 1.29 is 0 Å². The summed E-state index contributed by atoms with van der Waals surface area (Å²) in [5, 5.41) is 17.3. The molecule has 2 rings (SSSR count). The number of benzene rings is 1. The number of nitrogens with one attached hydrogen (secondary N) is 1. The summed E-state index contributed by atoms with van der Waals surface area (Å²) in [4.78, 5) is 0. The highest BCUT2D eigenvalue weighted by atomic mass is 14.6. The van der Waals surface area contributed by atoms with E-state index in [1.807, 2.05) is 18.2 Å². The van der Waals surface area contributed by atoms with Crippen molar-refractivity contribution >= 4 is 5.71 Å². The van der Waals surface area contributed by atoms with Crippen LogP contribution in [-0.4, -0.2) is 5.71 Å². The molecule has 2 heteroatoms. The lowest BCUT2D eigenvalue weighted by atomic mass is 9.66. The van der Waals surface area contributed by atoms with Gasteiger partial charge in [-0.3, -0.25) is 0 Å². The Morgan fingerprint density at radius 1 is 1.38 bits per heavy atom. The molecule has 1 fully saturated rings. The third-order valence-electron chi connectivity index (χ3n) is 3.68. The summed E-state index contributed by atoms with van der Waals surface area (Å²) in [6, 6.07) is 12.4. The van der Waals surface area contributed by atoms with Crippen LogP contribution in [0.5, 0.6) is 0 Å². The fraction of sp³-hybridized carbons (Fsp3) is 0.429. The molecule has 1 aliphatic rings. The maximum atomic E-state index is 9.05. The minimum Gasteiger partial charge on any atom is -0.307 e. The largest absolute Gasteiger partial charge is 0.307 e. The first-order valence-electron chi connectivity index (χ1n) is 5.72. The Bertz CT molecular complexity index is 430. The van der Waals surface area contributed by atoms with E-state index in [1.165, 1.54) is 5.56 Å². The Morgan fingerprint density at radius 3 is 2.69 bits per heavy atom. The molecule has 1 N–H and O–H groups in total. The molecular formula is C14H16N2. The molecule has 0 aromatic heterocycles. The predicted octanol–water partition coefficient (Wildman–Crippen LogP) is 3.29. The molecule has 0 spiro atoms. The van der Waals surface area contributed by atoms with Crippen molar-refractivity contribution in [1.29, 1.82) is 10.7 Å². The van der Waals surface area contributed by atoms with Crippen molar-refractivity contribution in [2.24, 2.45) is 5.92 Å². The van der Waals surface area contributed by atoms with Crippen LogP contribution < -0.4 is 0 Å². The first-order chi connectivity index (χ1) is 7.68. The van der Waals surface area contributed by atoms with Gasteiger partial charge in [-0.1, -0.05) is 43.7 Å². The lowest BCUT2D eigenvalue weighted by molar-refractivity contribution is 0.453. The van der Waals surface area contributed by atoms with Crippen molar-refractivity contribution in [2.45, 2.75) is 31.6 Å². The van der Waals surface area contributed by atoms with Crippen molar-refractivity contribution in [1.82, 2.24) is 0 Å². The monoisotopic (exact) mass is 212 g/mol. The molecule has 0 heterocycles. The third kappa shape index (κ3) is 1.63. The van der Waals surface area contributed by atoms with Crippen LogP contribution in [0.15, 0.2) is 30.3 Å². The molecule has 2 atom stereocenters. The molecule has 1 aliphatic carbocycles. The zero-order chi connectivity index (χ0) is 11.6. The summed E-state index contributed by atoms with van der Waals surface area (Å²) >= 11 is 0. The minimum atomic E-state index is -0.236. The van der Waals surface area contributed by atoms with E-state index < -0.39 is 0 Å². The van der Waals surface area contributed by atoms with Gasteiger partial charge in [-0.15, -0.1) is 0 Å². The maximum Gasteiger partial charge on any atom is 0.0847 e. The lowest BCUT2D eigenvalue weighted by Gasteiger charge is -2.37. The zero-order valence-electron chi connectivity index (χ0n) is 9.53. The molecular weight excluding hydrogens is 196 g/mol. The summed E-state index contributed by atoms with van der Waals surface area (Å²) in [5.74, 6) is -0.195. The van der Waals surface area contributed by atoms with Crippen LogP contribution in [0.4, 0.5) is 0 Å². The van der Waals surface area contributed by atoms with E-state index in [2.05, 4.69) is 25.1 Å². The fourth-order valence-electron chi connectivity index (χ4n) is 2.56. The van der Waals surface area contributed by atoms with Gasteiger partial charge in [0.15, 0.2) is 0 Å². The van der Waals surface area contributed by atoms with Crippen LogP contribution in [0.1, 0.15) is 31.7 Å². The summed E-state index contributed by atoms with van der Waals surface area (Å²) in [7, 11) is 0. The predicted molar refractivity (Wildman–Crippen MR) is 64.5 cm³/mol. The number of nitrogens with zero attached hydrogens (tertiary/aromatic N) is 1. The topological polar surface area (TPSA) is 47.6 Å². The van der Waals surface area contributed by atoms with Gasteiger partial charge in [-0.05, 0) is 18.4 Å². The number of hydrogen-bond acceptors (Lipinski definition) is 2. The van der Waals surface area contributed by atoms with Gasteiger partial charge in [0.2, 0.25) is 0 Å². The van der Waals surface area contributed by atoms with Crippen LogP contribution >= 0.6 is 0 Å². The molecule has 1 aromatic carbocycles. The van der Waals surface area contributed by atoms with Crippen molar-refractivity contribution in [3.8, 4) is 6.07 Å². The second kappa shape index (κ2) is 4.09. The molecule has 0 aliphatic heterocycles. The quantitative estimate of drug-likeness (QED) is 0.763. The van der Waals surface area contributed by atoms with Crippen molar-refractivity contribution in [2.75, 3.05) is 0 Å². The number of rotatable bonds is 1. The standard InChI is InChI=1S/C14H16N2/c1-14(12-7-3-2-4-8-12)9-5-6-11(10-15)13(14)16/h2-4,7-8,11,16H,5-6,9H2,1H3. The number of hydrogen-bond donors (Lipinski definition) is 1. The van der Waals surface area contributed by atoms with Gasteiger partial charge < -0.3 is 5.41 Å². The van der Waals surface area contributed by atoms with Crippen LogP contribution in [0.3, 0.4) is 0 Å². The highest BCUT2D eigenvalue weighted by Gasteiger charge is 2.39. The van der Waals surface area contributed by atoms with Crippen LogP contribution in [0.2, 0.25) is 0 Å². The van der Waals surface area contributed by atoms with E-state index in [4.69, 9.17) is 10.7 Å². The van der Waals surface area contributed by atoms with Crippen molar-refractivity contribution in [3.63, 3.8) is 0 Å². The molecule has 0 radical (unpaired) electrons. The first-order valence-corrected chi connectivity index (χ1v) is 5.72. The Morgan fingerprint density at radius 2 is 2.06 bits per heavy atom. The van der Waals surface area contributed by atoms with E-state index in [1.54, 1.807) is 0 Å². The summed E-state index contributed by atoms with van der Waals surface area (Å²) in [6.07, 6.45) is 2.86. The van der Waals surface area contributed by atoms with Gasteiger partial charge in [0.05, 0.1) is 12.0 Å². The Kier molecular flexibility index (Phi) is 2.78.